The van der Waals surface area contributed by atoms with Gasteiger partial charge < -0.3 is 18.9 Å². The molecule has 0 aliphatic heterocycles. The largest absolute Gasteiger partial charge is 0.371 e. The second-order valence-electron chi connectivity index (χ2n) is 6.54. The molecule has 0 aliphatic rings. The van der Waals surface area contributed by atoms with Crippen molar-refractivity contribution in [2.24, 2.45) is 0 Å². The van der Waals surface area contributed by atoms with Crippen LogP contribution in [0.3, 0.4) is 0 Å². The Morgan fingerprint density at radius 1 is 0.909 bits per heavy atom. The lowest BCUT2D eigenvalue weighted by atomic mass is 10.0. The molecule has 126 valence electrons. The summed E-state index contributed by atoms with van der Waals surface area (Å²) in [5.74, 6) is 0. The van der Waals surface area contributed by atoms with Gasteiger partial charge in [-0.1, -0.05) is 30.3 Å². The molecule has 0 radical (unpaired) electrons. The third-order valence-corrected chi connectivity index (χ3v) is 3.65. The SMILES string of the molecule is COC(OC)C(C)(C)OCCC(C)(C)OCc1ccccc1. The molecule has 1 rings (SSSR count). The molecule has 0 spiro atoms. The molecule has 0 bridgehead atoms. The van der Waals surface area contributed by atoms with E-state index in [1.54, 1.807) is 14.2 Å². The molecule has 22 heavy (non-hydrogen) atoms. The summed E-state index contributed by atoms with van der Waals surface area (Å²) in [5, 5.41) is 0. The second kappa shape index (κ2) is 8.63. The van der Waals surface area contributed by atoms with E-state index in [4.69, 9.17) is 18.9 Å². The number of hydrogen-bond acceptors (Lipinski definition) is 4. The third-order valence-electron chi connectivity index (χ3n) is 3.65. The van der Waals surface area contributed by atoms with E-state index < -0.39 is 5.60 Å². The van der Waals surface area contributed by atoms with Crippen LogP contribution in [0, 0.1) is 0 Å². The van der Waals surface area contributed by atoms with Crippen molar-refractivity contribution < 1.29 is 18.9 Å². The normalized spacial score (nSPS) is 12.9. The standard InChI is InChI=1S/C18H30O4/c1-17(2,22-14-15-10-8-7-9-11-15)12-13-21-18(3,4)16(19-5)20-6/h7-11,16H,12-14H2,1-6H3. The Balaban J connectivity index is 2.39. The van der Waals surface area contributed by atoms with Crippen LogP contribution in [0.1, 0.15) is 39.7 Å². The smallest absolute Gasteiger partial charge is 0.185 e. The number of hydrogen-bond donors (Lipinski definition) is 0. The van der Waals surface area contributed by atoms with Crippen molar-refractivity contribution in [3.8, 4) is 0 Å². The van der Waals surface area contributed by atoms with Gasteiger partial charge in [0.25, 0.3) is 0 Å². The van der Waals surface area contributed by atoms with E-state index in [0.717, 1.165) is 6.42 Å². The van der Waals surface area contributed by atoms with Gasteiger partial charge in [-0.2, -0.15) is 0 Å². The van der Waals surface area contributed by atoms with Crippen LogP contribution in [0.5, 0.6) is 0 Å². The molecule has 0 aromatic heterocycles. The predicted molar refractivity (Wildman–Crippen MR) is 87.8 cm³/mol. The lowest BCUT2D eigenvalue weighted by Gasteiger charge is -2.33. The van der Waals surface area contributed by atoms with E-state index in [9.17, 15) is 0 Å². The van der Waals surface area contributed by atoms with Gasteiger partial charge in [0.1, 0.15) is 5.60 Å². The highest BCUT2D eigenvalue weighted by Gasteiger charge is 2.31. The highest BCUT2D eigenvalue weighted by atomic mass is 16.7. The van der Waals surface area contributed by atoms with Crippen LogP contribution in [0.4, 0.5) is 0 Å². The number of benzene rings is 1. The van der Waals surface area contributed by atoms with Gasteiger partial charge in [-0.05, 0) is 39.7 Å². The zero-order chi connectivity index (χ0) is 16.6. The van der Waals surface area contributed by atoms with E-state index in [1.807, 2.05) is 32.0 Å². The van der Waals surface area contributed by atoms with Crippen molar-refractivity contribution >= 4 is 0 Å². The van der Waals surface area contributed by atoms with Gasteiger partial charge in [0.15, 0.2) is 6.29 Å². The van der Waals surface area contributed by atoms with E-state index in [-0.39, 0.29) is 11.9 Å². The van der Waals surface area contributed by atoms with E-state index in [2.05, 4.69) is 26.0 Å². The van der Waals surface area contributed by atoms with Crippen molar-refractivity contribution in [3.63, 3.8) is 0 Å². The summed E-state index contributed by atoms with van der Waals surface area (Å²) in [7, 11) is 3.23. The zero-order valence-corrected chi connectivity index (χ0v) is 14.7. The third kappa shape index (κ3) is 6.44. The maximum absolute atomic E-state index is 6.00. The summed E-state index contributed by atoms with van der Waals surface area (Å²) in [5.41, 5.74) is 0.427. The van der Waals surface area contributed by atoms with Crippen molar-refractivity contribution in [1.82, 2.24) is 0 Å². The first-order chi connectivity index (χ1) is 10.3. The minimum Gasteiger partial charge on any atom is -0.371 e. The first-order valence-electron chi connectivity index (χ1n) is 7.68. The van der Waals surface area contributed by atoms with Crippen LogP contribution in [-0.2, 0) is 25.6 Å². The van der Waals surface area contributed by atoms with E-state index in [1.165, 1.54) is 5.56 Å². The molecule has 0 fully saturated rings. The lowest BCUT2D eigenvalue weighted by molar-refractivity contribution is -0.224. The molecule has 4 nitrogen and oxygen atoms in total. The highest BCUT2D eigenvalue weighted by Crippen LogP contribution is 2.22. The fraction of sp³-hybridized carbons (Fsp3) is 0.667. The minimum absolute atomic E-state index is 0.248. The molecule has 0 saturated heterocycles. The molecular formula is C18H30O4. The van der Waals surface area contributed by atoms with Crippen molar-refractivity contribution in [2.75, 3.05) is 20.8 Å². The van der Waals surface area contributed by atoms with Crippen LogP contribution in [0.2, 0.25) is 0 Å². The van der Waals surface area contributed by atoms with Gasteiger partial charge in [-0.25, -0.2) is 0 Å². The Kier molecular flexibility index (Phi) is 7.49. The van der Waals surface area contributed by atoms with Crippen LogP contribution in [0.25, 0.3) is 0 Å². The monoisotopic (exact) mass is 310 g/mol. The number of methoxy groups -OCH3 is 2. The Labute approximate surface area is 134 Å². The summed E-state index contributed by atoms with van der Waals surface area (Å²) in [6.45, 7) is 9.27. The molecule has 0 heterocycles. The maximum atomic E-state index is 6.00. The molecular weight excluding hydrogens is 280 g/mol. The van der Waals surface area contributed by atoms with Crippen molar-refractivity contribution in [1.29, 1.82) is 0 Å². The first kappa shape index (κ1) is 19.1. The summed E-state index contributed by atoms with van der Waals surface area (Å²) >= 11 is 0. The highest BCUT2D eigenvalue weighted by molar-refractivity contribution is 5.13. The van der Waals surface area contributed by atoms with E-state index >= 15 is 0 Å². The van der Waals surface area contributed by atoms with Crippen LogP contribution < -0.4 is 0 Å². The van der Waals surface area contributed by atoms with Gasteiger partial charge in [0.2, 0.25) is 0 Å². The predicted octanol–water partition coefficient (Wildman–Crippen LogP) is 3.79. The Hall–Kier alpha value is -0.940. The van der Waals surface area contributed by atoms with Crippen LogP contribution in [0.15, 0.2) is 30.3 Å². The van der Waals surface area contributed by atoms with Gasteiger partial charge in [-0.3, -0.25) is 0 Å². The maximum Gasteiger partial charge on any atom is 0.185 e. The minimum atomic E-state index is -0.501. The topological polar surface area (TPSA) is 36.9 Å². The Morgan fingerprint density at radius 2 is 1.50 bits per heavy atom. The molecule has 0 N–H and O–H groups in total. The molecule has 0 saturated carbocycles. The van der Waals surface area contributed by atoms with E-state index in [0.29, 0.717) is 13.2 Å². The zero-order valence-electron chi connectivity index (χ0n) is 14.7. The molecule has 0 aliphatic carbocycles. The first-order valence-corrected chi connectivity index (χ1v) is 7.68. The molecule has 1 aromatic rings. The summed E-state index contributed by atoms with van der Waals surface area (Å²) < 4.78 is 22.5. The fourth-order valence-electron chi connectivity index (χ4n) is 2.22. The average molecular weight is 310 g/mol. The van der Waals surface area contributed by atoms with Gasteiger partial charge in [0, 0.05) is 14.2 Å². The number of ether oxygens (including phenoxy) is 4. The molecule has 0 amide bonds. The van der Waals surface area contributed by atoms with Gasteiger partial charge >= 0.3 is 0 Å². The molecule has 0 unspecified atom stereocenters. The summed E-state index contributed by atoms with van der Waals surface area (Å²) in [6.07, 6.45) is 0.407. The molecule has 0 atom stereocenters. The van der Waals surface area contributed by atoms with Crippen molar-refractivity contribution in [2.45, 2.75) is 58.2 Å². The van der Waals surface area contributed by atoms with Crippen molar-refractivity contribution in [3.05, 3.63) is 35.9 Å². The quantitative estimate of drug-likeness (QED) is 0.616. The molecule has 1 aromatic carbocycles. The molecule has 4 heteroatoms. The average Bonchev–Trinajstić information content (AvgIpc) is 2.47. The van der Waals surface area contributed by atoms with Crippen LogP contribution >= 0.6 is 0 Å². The Morgan fingerprint density at radius 3 is 2.05 bits per heavy atom. The van der Waals surface area contributed by atoms with Gasteiger partial charge in [0.05, 0.1) is 18.8 Å². The number of rotatable bonds is 10. The second-order valence-corrected chi connectivity index (χ2v) is 6.54. The Bertz CT molecular complexity index is 410. The van der Waals surface area contributed by atoms with Crippen LogP contribution in [-0.4, -0.2) is 38.3 Å². The fourth-order valence-corrected chi connectivity index (χ4v) is 2.22. The summed E-state index contributed by atoms with van der Waals surface area (Å²) in [4.78, 5) is 0. The lowest BCUT2D eigenvalue weighted by Crippen LogP contribution is -2.42. The summed E-state index contributed by atoms with van der Waals surface area (Å²) in [6, 6.07) is 10.2. The van der Waals surface area contributed by atoms with Gasteiger partial charge in [-0.15, -0.1) is 0 Å².